The van der Waals surface area contributed by atoms with Gasteiger partial charge in [0, 0.05) is 0 Å². The molecule has 0 aliphatic heterocycles. The minimum absolute atomic E-state index is 0.773. The number of benzene rings is 1. The Kier molecular flexibility index (Phi) is 3.33. The van der Waals surface area contributed by atoms with Crippen LogP contribution in [-0.2, 0) is 0 Å². The summed E-state index contributed by atoms with van der Waals surface area (Å²) in [4.78, 5) is 0. The lowest BCUT2D eigenvalue weighted by Crippen LogP contribution is -2.37. The van der Waals surface area contributed by atoms with Gasteiger partial charge in [0.05, 0.1) is 8.80 Å². The van der Waals surface area contributed by atoms with Crippen LogP contribution in [0, 0.1) is 0 Å². The van der Waals surface area contributed by atoms with Crippen LogP contribution >= 0.6 is 0 Å². The smallest absolute Gasteiger partial charge is 0.0847 e. The second-order valence-corrected chi connectivity index (χ2v) is 6.10. The van der Waals surface area contributed by atoms with Gasteiger partial charge in [0.2, 0.25) is 0 Å². The predicted molar refractivity (Wildman–Crippen MR) is 52.8 cm³/mol. The van der Waals surface area contributed by atoms with E-state index in [-0.39, 0.29) is 0 Å². The number of nitrogens with two attached hydrogens (primary N) is 1. The van der Waals surface area contributed by atoms with Crippen LogP contribution in [-0.4, -0.2) is 15.0 Å². The molecule has 0 saturated carbocycles. The predicted octanol–water partition coefficient (Wildman–Crippen LogP) is 0.638. The third kappa shape index (κ3) is 2.17. The first kappa shape index (κ1) is 8.49. The highest BCUT2D eigenvalue weighted by Gasteiger charge is 2.06. The van der Waals surface area contributed by atoms with Gasteiger partial charge in [-0.25, -0.2) is 0 Å². The van der Waals surface area contributed by atoms with E-state index in [1.165, 1.54) is 11.2 Å². The number of hydrogen-bond donors (Lipinski definition) is 1. The second kappa shape index (κ2) is 4.31. The molecule has 0 fully saturated rings. The van der Waals surface area contributed by atoms with E-state index in [0.717, 1.165) is 6.17 Å². The Labute approximate surface area is 69.8 Å². The van der Waals surface area contributed by atoms with E-state index in [0.29, 0.717) is 0 Å². The Balaban J connectivity index is 2.74. The zero-order valence-electron chi connectivity index (χ0n) is 6.96. The van der Waals surface area contributed by atoms with Gasteiger partial charge >= 0.3 is 0 Å². The topological polar surface area (TPSA) is 26.0 Å². The first-order valence-electron chi connectivity index (χ1n) is 4.13. The lowest BCUT2D eigenvalue weighted by molar-refractivity contribution is 1.29. The summed E-state index contributed by atoms with van der Waals surface area (Å²) in [5.41, 5.74) is 5.68. The van der Waals surface area contributed by atoms with Crippen LogP contribution in [0.25, 0.3) is 0 Å². The van der Waals surface area contributed by atoms with Crippen molar-refractivity contribution in [1.29, 1.82) is 0 Å². The fraction of sp³-hybridized carbons (Fsp3) is 0.333. The summed E-state index contributed by atoms with van der Waals surface area (Å²) in [6.07, 6.45) is 0.889. The summed E-state index contributed by atoms with van der Waals surface area (Å²) in [5.74, 6) is 0. The molecule has 2 N–H and O–H groups in total. The van der Waals surface area contributed by atoms with Crippen molar-refractivity contribution in [1.82, 2.24) is 0 Å². The summed E-state index contributed by atoms with van der Waals surface area (Å²) in [5, 5.41) is 1.50. The van der Waals surface area contributed by atoms with Crippen molar-refractivity contribution in [2.45, 2.75) is 13.0 Å². The Bertz CT molecular complexity index is 194. The fourth-order valence-electron chi connectivity index (χ4n) is 1.26. The molecule has 1 atom stereocenters. The molecule has 0 bridgehead atoms. The van der Waals surface area contributed by atoms with Gasteiger partial charge in [-0.2, -0.15) is 0 Å². The lowest BCUT2D eigenvalue weighted by Gasteiger charge is -2.09. The molecule has 0 aliphatic carbocycles. The quantitative estimate of drug-likeness (QED) is 0.654. The van der Waals surface area contributed by atoms with Crippen LogP contribution in [0.3, 0.4) is 0 Å². The standard InChI is InChI=1S/C9H15NSi/c1-2-11(8-10)9-6-4-3-5-7-9/h3-7,11H,2,8,10H2,1H3. The van der Waals surface area contributed by atoms with Crippen molar-refractivity contribution >= 4 is 14.0 Å². The van der Waals surface area contributed by atoms with Crippen LogP contribution in [0.1, 0.15) is 6.92 Å². The van der Waals surface area contributed by atoms with Crippen LogP contribution in [0.5, 0.6) is 0 Å². The van der Waals surface area contributed by atoms with Crippen molar-refractivity contribution in [3.05, 3.63) is 30.3 Å². The molecular formula is C9H15NSi. The molecule has 1 aromatic rings. The molecule has 60 valence electrons. The van der Waals surface area contributed by atoms with Crippen molar-refractivity contribution < 1.29 is 0 Å². The summed E-state index contributed by atoms with van der Waals surface area (Å²) in [6.45, 7) is 2.23. The Morgan fingerprint density at radius 1 is 1.27 bits per heavy atom. The van der Waals surface area contributed by atoms with Gasteiger partial charge in [0.15, 0.2) is 0 Å². The van der Waals surface area contributed by atoms with Crippen LogP contribution in [0.15, 0.2) is 30.3 Å². The molecule has 11 heavy (non-hydrogen) atoms. The summed E-state index contributed by atoms with van der Waals surface area (Å²) < 4.78 is 0. The minimum Gasteiger partial charge on any atom is -0.333 e. The molecule has 0 saturated heterocycles. The van der Waals surface area contributed by atoms with E-state index >= 15 is 0 Å². The van der Waals surface area contributed by atoms with Gasteiger partial charge in [-0.1, -0.05) is 48.5 Å². The maximum Gasteiger partial charge on any atom is 0.0847 e. The molecule has 0 spiro atoms. The van der Waals surface area contributed by atoms with Crippen molar-refractivity contribution in [3.63, 3.8) is 0 Å². The number of hydrogen-bond acceptors (Lipinski definition) is 1. The van der Waals surface area contributed by atoms with Crippen LogP contribution in [0.4, 0.5) is 0 Å². The largest absolute Gasteiger partial charge is 0.333 e. The van der Waals surface area contributed by atoms with Gasteiger partial charge in [-0.05, 0) is 6.17 Å². The van der Waals surface area contributed by atoms with Crippen LogP contribution < -0.4 is 10.9 Å². The van der Waals surface area contributed by atoms with Gasteiger partial charge in [0.25, 0.3) is 0 Å². The zero-order valence-corrected chi connectivity index (χ0v) is 8.11. The van der Waals surface area contributed by atoms with Gasteiger partial charge in [0.1, 0.15) is 0 Å². The maximum absolute atomic E-state index is 5.68. The Hall–Kier alpha value is -0.603. The molecule has 1 nitrogen and oxygen atoms in total. The van der Waals surface area contributed by atoms with Crippen LogP contribution in [0.2, 0.25) is 6.04 Å². The molecule has 0 radical (unpaired) electrons. The van der Waals surface area contributed by atoms with E-state index in [2.05, 4.69) is 37.3 Å². The fourth-order valence-corrected chi connectivity index (χ4v) is 3.11. The third-order valence-corrected chi connectivity index (χ3v) is 4.93. The van der Waals surface area contributed by atoms with E-state index in [4.69, 9.17) is 5.73 Å². The molecule has 0 amide bonds. The van der Waals surface area contributed by atoms with E-state index in [1.54, 1.807) is 0 Å². The first-order valence-corrected chi connectivity index (χ1v) is 6.34. The molecule has 0 aliphatic rings. The monoisotopic (exact) mass is 165 g/mol. The molecule has 1 aromatic carbocycles. The maximum atomic E-state index is 5.68. The van der Waals surface area contributed by atoms with Gasteiger partial charge in [-0.15, -0.1) is 0 Å². The van der Waals surface area contributed by atoms with E-state index < -0.39 is 8.80 Å². The Morgan fingerprint density at radius 3 is 2.36 bits per heavy atom. The summed E-state index contributed by atoms with van der Waals surface area (Å²) in [6, 6.07) is 11.9. The summed E-state index contributed by atoms with van der Waals surface area (Å²) >= 11 is 0. The lowest BCUT2D eigenvalue weighted by atomic mass is 10.4. The number of rotatable bonds is 3. The highest BCUT2D eigenvalue weighted by molar-refractivity contribution is 6.73. The molecule has 1 rings (SSSR count). The Morgan fingerprint density at radius 2 is 1.91 bits per heavy atom. The average molecular weight is 165 g/mol. The molecule has 1 unspecified atom stereocenters. The van der Waals surface area contributed by atoms with Crippen molar-refractivity contribution in [2.24, 2.45) is 5.73 Å². The van der Waals surface area contributed by atoms with Crippen molar-refractivity contribution in [2.75, 3.05) is 6.17 Å². The van der Waals surface area contributed by atoms with E-state index in [1.807, 2.05) is 0 Å². The normalized spacial score (nSPS) is 12.9. The average Bonchev–Trinajstić information content (AvgIpc) is 2.09. The van der Waals surface area contributed by atoms with E-state index in [9.17, 15) is 0 Å². The summed E-state index contributed by atoms with van der Waals surface area (Å²) in [7, 11) is -0.773. The second-order valence-electron chi connectivity index (χ2n) is 2.75. The highest BCUT2D eigenvalue weighted by Crippen LogP contribution is 1.91. The SMILES string of the molecule is CC[SiH](CN)c1ccccc1. The minimum atomic E-state index is -0.773. The molecule has 0 aromatic heterocycles. The molecular weight excluding hydrogens is 150 g/mol. The molecule has 0 heterocycles. The van der Waals surface area contributed by atoms with Gasteiger partial charge in [-0.3, -0.25) is 0 Å². The third-order valence-electron chi connectivity index (χ3n) is 2.05. The van der Waals surface area contributed by atoms with Crippen molar-refractivity contribution in [3.8, 4) is 0 Å². The van der Waals surface area contributed by atoms with Gasteiger partial charge < -0.3 is 5.73 Å². The molecule has 2 heteroatoms. The highest BCUT2D eigenvalue weighted by atomic mass is 28.3. The zero-order chi connectivity index (χ0) is 8.10. The first-order chi connectivity index (χ1) is 5.38.